The number of amides is 1. The number of aliphatic hydroxyl groups is 2. The number of hydrogen-bond acceptors (Lipinski definition) is 6. The second-order valence-corrected chi connectivity index (χ2v) is 6.77. The van der Waals surface area contributed by atoms with Crippen LogP contribution in [-0.2, 0) is 16.0 Å². The van der Waals surface area contributed by atoms with E-state index >= 15 is 0 Å². The van der Waals surface area contributed by atoms with Crippen LogP contribution in [-0.4, -0.2) is 39.9 Å². The van der Waals surface area contributed by atoms with Gasteiger partial charge in [0, 0.05) is 30.1 Å². The molecule has 2 aromatic heterocycles. The smallest absolute Gasteiger partial charge is 0.339 e. The molecule has 0 saturated heterocycles. The van der Waals surface area contributed by atoms with Crippen LogP contribution in [0.4, 0.5) is 0 Å². The molecule has 146 valence electrons. The highest BCUT2D eigenvalue weighted by molar-refractivity contribution is 5.78. The van der Waals surface area contributed by atoms with E-state index in [0.717, 1.165) is 5.70 Å². The molecule has 0 aromatic carbocycles. The van der Waals surface area contributed by atoms with Crippen LogP contribution in [0.15, 0.2) is 52.1 Å². The second-order valence-electron chi connectivity index (χ2n) is 6.77. The highest BCUT2D eigenvalue weighted by Gasteiger charge is 2.37. The lowest BCUT2D eigenvalue weighted by molar-refractivity contribution is -0.121. The zero-order valence-electron chi connectivity index (χ0n) is 14.9. The van der Waals surface area contributed by atoms with E-state index in [1.807, 2.05) is 35.2 Å². The molecular weight excluding hydrogens is 364 g/mol. The van der Waals surface area contributed by atoms with Gasteiger partial charge in [-0.25, -0.2) is 4.79 Å². The number of aromatic nitrogens is 1. The van der Waals surface area contributed by atoms with Crippen LogP contribution in [0.5, 0.6) is 0 Å². The Kier molecular flexibility index (Phi) is 4.89. The van der Waals surface area contributed by atoms with Crippen molar-refractivity contribution in [1.29, 1.82) is 0 Å². The number of fused-ring (bicyclic) bond motifs is 3. The van der Waals surface area contributed by atoms with Crippen molar-refractivity contribution in [2.24, 2.45) is 5.92 Å². The zero-order valence-corrected chi connectivity index (χ0v) is 14.9. The number of carbonyl (C=O) groups excluding carboxylic acids is 1. The van der Waals surface area contributed by atoms with Crippen molar-refractivity contribution in [3.8, 4) is 0 Å². The van der Waals surface area contributed by atoms with Crippen LogP contribution in [0.1, 0.15) is 23.0 Å². The first-order chi connectivity index (χ1) is 13.6. The van der Waals surface area contributed by atoms with Gasteiger partial charge in [0.2, 0.25) is 5.91 Å². The van der Waals surface area contributed by atoms with Gasteiger partial charge in [-0.05, 0) is 24.3 Å². The fraction of sp³-hybridized carbons (Fsp3) is 0.300. The molecule has 4 rings (SSSR count). The molecular formula is C20H20N2O6. The lowest BCUT2D eigenvalue weighted by Gasteiger charge is -2.24. The molecule has 8 heteroatoms. The zero-order chi connectivity index (χ0) is 19.7. The van der Waals surface area contributed by atoms with Crippen molar-refractivity contribution in [2.75, 3.05) is 13.2 Å². The lowest BCUT2D eigenvalue weighted by atomic mass is 9.88. The summed E-state index contributed by atoms with van der Waals surface area (Å²) in [6.45, 7) is -0.545. The Labute approximate surface area is 160 Å². The predicted molar refractivity (Wildman–Crippen MR) is 99.8 cm³/mol. The van der Waals surface area contributed by atoms with Crippen LogP contribution in [0.2, 0.25) is 0 Å². The van der Waals surface area contributed by atoms with Gasteiger partial charge in [0.1, 0.15) is 18.1 Å². The summed E-state index contributed by atoms with van der Waals surface area (Å²) in [4.78, 5) is 24.3. The maximum atomic E-state index is 12.2. The van der Waals surface area contributed by atoms with Crippen LogP contribution in [0.3, 0.4) is 0 Å². The first-order valence-electron chi connectivity index (χ1n) is 8.96. The molecule has 0 saturated carbocycles. The van der Waals surface area contributed by atoms with Crippen molar-refractivity contribution in [3.05, 3.63) is 70.2 Å². The maximum absolute atomic E-state index is 12.2. The average molecular weight is 384 g/mol. The van der Waals surface area contributed by atoms with Crippen molar-refractivity contribution in [1.82, 2.24) is 9.88 Å². The number of nitrogens with zero attached hydrogens (tertiary/aromatic N) is 1. The van der Waals surface area contributed by atoms with E-state index in [-0.39, 0.29) is 30.6 Å². The molecule has 1 aliphatic heterocycles. The Hall–Kier alpha value is -3.10. The van der Waals surface area contributed by atoms with Crippen molar-refractivity contribution >= 4 is 17.7 Å². The highest BCUT2D eigenvalue weighted by Crippen LogP contribution is 2.44. The third kappa shape index (κ3) is 3.39. The fourth-order valence-electron chi connectivity index (χ4n) is 3.41. The lowest BCUT2D eigenvalue weighted by Crippen LogP contribution is -2.35. The summed E-state index contributed by atoms with van der Waals surface area (Å²) >= 11 is 0. The van der Waals surface area contributed by atoms with E-state index in [0.29, 0.717) is 11.3 Å². The minimum absolute atomic E-state index is 0.0334. The van der Waals surface area contributed by atoms with E-state index in [1.54, 1.807) is 18.4 Å². The Balaban J connectivity index is 1.55. The molecule has 3 N–H and O–H groups in total. The Morgan fingerprint density at radius 3 is 2.86 bits per heavy atom. The average Bonchev–Trinajstić information content (AvgIpc) is 3.36. The van der Waals surface area contributed by atoms with Gasteiger partial charge in [-0.2, -0.15) is 0 Å². The summed E-state index contributed by atoms with van der Waals surface area (Å²) in [5.74, 6) is -0.0524. The molecule has 0 fully saturated rings. The molecule has 0 radical (unpaired) electrons. The molecule has 3 atom stereocenters. The van der Waals surface area contributed by atoms with E-state index < -0.39 is 24.2 Å². The van der Waals surface area contributed by atoms with Gasteiger partial charge >= 0.3 is 5.63 Å². The maximum Gasteiger partial charge on any atom is 0.339 e. The van der Waals surface area contributed by atoms with Gasteiger partial charge in [-0.3, -0.25) is 4.79 Å². The molecule has 3 unspecified atom stereocenters. The SMILES string of the molecule is O=C(Cc1cc2c(oc1=O)C=CC1C(n3cccc3)=COC21)NCC(O)CO. The molecule has 3 heterocycles. The van der Waals surface area contributed by atoms with Crippen LogP contribution < -0.4 is 10.9 Å². The number of ether oxygens (including phenoxy) is 1. The van der Waals surface area contributed by atoms with Crippen molar-refractivity contribution in [3.63, 3.8) is 0 Å². The van der Waals surface area contributed by atoms with E-state index in [9.17, 15) is 14.7 Å². The normalized spacial score (nSPS) is 20.7. The molecule has 1 amide bonds. The molecule has 1 aliphatic carbocycles. The number of rotatable bonds is 6. The Morgan fingerprint density at radius 1 is 1.32 bits per heavy atom. The minimum Gasteiger partial charge on any atom is -0.490 e. The monoisotopic (exact) mass is 384 g/mol. The number of carbonyl (C=O) groups is 1. The summed E-state index contributed by atoms with van der Waals surface area (Å²) in [6.07, 6.45) is 7.70. The van der Waals surface area contributed by atoms with Gasteiger partial charge in [0.15, 0.2) is 0 Å². The molecule has 0 spiro atoms. The van der Waals surface area contributed by atoms with Crippen LogP contribution >= 0.6 is 0 Å². The largest absolute Gasteiger partial charge is 0.490 e. The summed E-state index contributed by atoms with van der Waals surface area (Å²) < 4.78 is 13.2. The molecule has 28 heavy (non-hydrogen) atoms. The summed E-state index contributed by atoms with van der Waals surface area (Å²) in [5.41, 5.74) is 1.31. The molecule has 0 bridgehead atoms. The van der Waals surface area contributed by atoms with Crippen LogP contribution in [0.25, 0.3) is 11.8 Å². The van der Waals surface area contributed by atoms with Crippen LogP contribution in [0, 0.1) is 5.92 Å². The first-order valence-corrected chi connectivity index (χ1v) is 8.96. The third-order valence-electron chi connectivity index (χ3n) is 4.84. The molecule has 2 aliphatic rings. The molecule has 8 nitrogen and oxygen atoms in total. The molecule has 2 aromatic rings. The van der Waals surface area contributed by atoms with Crippen molar-refractivity contribution in [2.45, 2.75) is 18.6 Å². The summed E-state index contributed by atoms with van der Waals surface area (Å²) in [6, 6.07) is 5.51. The van der Waals surface area contributed by atoms with Gasteiger partial charge in [0.25, 0.3) is 0 Å². The Morgan fingerprint density at radius 2 is 2.11 bits per heavy atom. The topological polar surface area (TPSA) is 114 Å². The minimum atomic E-state index is -1.04. The number of nitrogens with one attached hydrogen (secondary N) is 1. The predicted octanol–water partition coefficient (Wildman–Crippen LogP) is 0.666. The van der Waals surface area contributed by atoms with Crippen molar-refractivity contribution < 1.29 is 24.2 Å². The fourth-order valence-corrected chi connectivity index (χ4v) is 3.41. The number of aliphatic hydroxyl groups excluding tert-OH is 2. The Bertz CT molecular complexity index is 989. The standard InChI is InChI=1S/C20H20N2O6/c23-10-13(24)9-21-18(25)8-12-7-15-17(28-20(12)26)4-3-14-16(11-27-19(14)15)22-5-1-2-6-22/h1-7,11,13-14,19,23-24H,8-10H2,(H,21,25). The van der Waals surface area contributed by atoms with E-state index in [1.165, 1.54) is 0 Å². The van der Waals surface area contributed by atoms with Gasteiger partial charge < -0.3 is 29.3 Å². The second kappa shape index (κ2) is 7.49. The quantitative estimate of drug-likeness (QED) is 0.674. The third-order valence-corrected chi connectivity index (χ3v) is 4.84. The number of hydrogen-bond donors (Lipinski definition) is 3. The van der Waals surface area contributed by atoms with E-state index in [2.05, 4.69) is 5.32 Å². The summed E-state index contributed by atoms with van der Waals surface area (Å²) in [5, 5.41) is 20.6. The van der Waals surface area contributed by atoms with Gasteiger partial charge in [0.05, 0.1) is 30.7 Å². The van der Waals surface area contributed by atoms with Gasteiger partial charge in [-0.1, -0.05) is 6.08 Å². The first kappa shape index (κ1) is 18.3. The highest BCUT2D eigenvalue weighted by atomic mass is 16.5. The summed E-state index contributed by atoms with van der Waals surface area (Å²) in [7, 11) is 0. The van der Waals surface area contributed by atoms with Gasteiger partial charge in [-0.15, -0.1) is 0 Å². The van der Waals surface area contributed by atoms with E-state index in [4.69, 9.17) is 14.3 Å².